The number of hydrogen-bond acceptors (Lipinski definition) is 3. The summed E-state index contributed by atoms with van der Waals surface area (Å²) in [4.78, 5) is 26.3. The number of carbonyl (C=O) groups excluding carboxylic acids is 2. The number of carbonyl (C=O) groups is 2. The first-order valence-electron chi connectivity index (χ1n) is 6.93. The molecule has 6 heteroatoms. The number of nitrogens with zero attached hydrogens (tertiary/aromatic N) is 1. The Bertz CT molecular complexity index is 638. The molecular formula is C15H16FN3O2. The molecule has 1 heterocycles. The number of halogens is 1. The van der Waals surface area contributed by atoms with Crippen molar-refractivity contribution in [1.82, 2.24) is 4.90 Å². The molecule has 0 aromatic heterocycles. The molecule has 2 amide bonds. The van der Waals surface area contributed by atoms with Crippen molar-refractivity contribution in [3.63, 3.8) is 0 Å². The van der Waals surface area contributed by atoms with Crippen molar-refractivity contribution in [2.45, 2.75) is 25.3 Å². The Morgan fingerprint density at radius 3 is 2.81 bits per heavy atom. The number of anilines is 1. The van der Waals surface area contributed by atoms with E-state index in [1.54, 1.807) is 11.0 Å². The van der Waals surface area contributed by atoms with Gasteiger partial charge in [-0.25, -0.2) is 4.39 Å². The van der Waals surface area contributed by atoms with Crippen LogP contribution in [0.15, 0.2) is 35.5 Å². The maximum Gasteiger partial charge on any atom is 0.263 e. The molecule has 0 spiro atoms. The van der Waals surface area contributed by atoms with Gasteiger partial charge in [-0.3, -0.25) is 9.59 Å². The van der Waals surface area contributed by atoms with Crippen molar-refractivity contribution < 1.29 is 14.0 Å². The Kier molecular flexibility index (Phi) is 3.37. The Hall–Kier alpha value is -2.37. The highest BCUT2D eigenvalue weighted by Gasteiger charge is 2.39. The first kappa shape index (κ1) is 13.6. The largest absolute Gasteiger partial charge is 0.401 e. The molecular weight excluding hydrogens is 273 g/mol. The van der Waals surface area contributed by atoms with Crippen LogP contribution in [0.25, 0.3) is 0 Å². The van der Waals surface area contributed by atoms with Gasteiger partial charge in [0, 0.05) is 30.4 Å². The molecule has 0 saturated heterocycles. The zero-order chi connectivity index (χ0) is 15.0. The molecule has 2 aliphatic rings. The Labute approximate surface area is 121 Å². The third-order valence-corrected chi connectivity index (χ3v) is 3.72. The first-order valence-corrected chi connectivity index (χ1v) is 6.93. The van der Waals surface area contributed by atoms with Crippen LogP contribution in [0, 0.1) is 5.82 Å². The second-order valence-electron chi connectivity index (χ2n) is 5.34. The number of nitrogens with one attached hydrogen (secondary N) is 1. The van der Waals surface area contributed by atoms with Gasteiger partial charge in [0.05, 0.1) is 0 Å². The first-order chi connectivity index (χ1) is 10.1. The normalized spacial score (nSPS) is 18.9. The maximum atomic E-state index is 13.1. The van der Waals surface area contributed by atoms with Crippen molar-refractivity contribution in [1.29, 1.82) is 0 Å². The second-order valence-corrected chi connectivity index (χ2v) is 5.34. The smallest absolute Gasteiger partial charge is 0.263 e. The van der Waals surface area contributed by atoms with Gasteiger partial charge in [0.1, 0.15) is 11.4 Å². The van der Waals surface area contributed by atoms with Crippen molar-refractivity contribution in [3.8, 4) is 0 Å². The van der Waals surface area contributed by atoms with Gasteiger partial charge in [-0.05, 0) is 31.0 Å². The van der Waals surface area contributed by atoms with Crippen LogP contribution < -0.4 is 11.1 Å². The van der Waals surface area contributed by atoms with E-state index in [9.17, 15) is 14.0 Å². The van der Waals surface area contributed by atoms with Gasteiger partial charge in [-0.1, -0.05) is 6.07 Å². The topological polar surface area (TPSA) is 75.4 Å². The van der Waals surface area contributed by atoms with E-state index in [-0.39, 0.29) is 17.5 Å². The number of nitrogens with two attached hydrogens (primary N) is 1. The molecule has 1 aliphatic heterocycles. The molecule has 0 unspecified atom stereocenters. The van der Waals surface area contributed by atoms with E-state index in [0.29, 0.717) is 24.4 Å². The number of amides is 2. The van der Waals surface area contributed by atoms with Crippen LogP contribution in [0.4, 0.5) is 10.1 Å². The van der Waals surface area contributed by atoms with E-state index in [2.05, 4.69) is 5.32 Å². The fourth-order valence-corrected chi connectivity index (χ4v) is 2.49. The quantitative estimate of drug-likeness (QED) is 0.825. The van der Waals surface area contributed by atoms with Crippen LogP contribution in [-0.2, 0) is 9.59 Å². The molecule has 5 nitrogen and oxygen atoms in total. The molecule has 1 aromatic rings. The fraction of sp³-hybridized carbons (Fsp3) is 0.333. The summed E-state index contributed by atoms with van der Waals surface area (Å²) >= 11 is 0. The fourth-order valence-electron chi connectivity index (χ4n) is 2.49. The van der Waals surface area contributed by atoms with E-state index in [4.69, 9.17) is 5.73 Å². The SMILES string of the molecule is NC1=C(C(=O)Nc2cccc(F)c2)C(=O)N(C2CC2)CC1. The predicted molar refractivity (Wildman–Crippen MR) is 75.6 cm³/mol. The van der Waals surface area contributed by atoms with Crippen LogP contribution in [0.1, 0.15) is 19.3 Å². The monoisotopic (exact) mass is 289 g/mol. The van der Waals surface area contributed by atoms with Gasteiger partial charge in [-0.15, -0.1) is 0 Å². The van der Waals surface area contributed by atoms with E-state index >= 15 is 0 Å². The summed E-state index contributed by atoms with van der Waals surface area (Å²) in [7, 11) is 0. The molecule has 1 saturated carbocycles. The lowest BCUT2D eigenvalue weighted by molar-refractivity contribution is -0.130. The van der Waals surface area contributed by atoms with Gasteiger partial charge in [0.25, 0.3) is 11.8 Å². The molecule has 3 rings (SSSR count). The maximum absolute atomic E-state index is 13.1. The highest BCUT2D eigenvalue weighted by Crippen LogP contribution is 2.31. The average molecular weight is 289 g/mol. The standard InChI is InChI=1S/C15H16FN3O2/c16-9-2-1-3-10(8-9)18-14(20)13-12(17)6-7-19(15(13)21)11-4-5-11/h1-3,8,11H,4-7,17H2,(H,18,20). The van der Waals surface area contributed by atoms with Gasteiger partial charge >= 0.3 is 0 Å². The van der Waals surface area contributed by atoms with Gasteiger partial charge in [-0.2, -0.15) is 0 Å². The highest BCUT2D eigenvalue weighted by atomic mass is 19.1. The summed E-state index contributed by atoms with van der Waals surface area (Å²) in [6.45, 7) is 0.562. The van der Waals surface area contributed by atoms with E-state index in [0.717, 1.165) is 12.8 Å². The third kappa shape index (κ3) is 2.74. The summed E-state index contributed by atoms with van der Waals surface area (Å²) in [5, 5.41) is 2.53. The lowest BCUT2D eigenvalue weighted by atomic mass is 10.0. The molecule has 3 N–H and O–H groups in total. The highest BCUT2D eigenvalue weighted by molar-refractivity contribution is 6.23. The molecule has 21 heavy (non-hydrogen) atoms. The number of benzene rings is 1. The Morgan fingerprint density at radius 2 is 2.14 bits per heavy atom. The molecule has 1 aliphatic carbocycles. The van der Waals surface area contributed by atoms with E-state index in [1.165, 1.54) is 18.2 Å². The van der Waals surface area contributed by atoms with Crippen molar-refractivity contribution >= 4 is 17.5 Å². The van der Waals surface area contributed by atoms with Crippen LogP contribution >= 0.6 is 0 Å². The minimum atomic E-state index is -0.576. The average Bonchev–Trinajstić information content (AvgIpc) is 3.23. The van der Waals surface area contributed by atoms with Crippen molar-refractivity contribution in [2.24, 2.45) is 5.73 Å². The second kappa shape index (κ2) is 5.20. The summed E-state index contributed by atoms with van der Waals surface area (Å²) in [5.74, 6) is -1.35. The molecule has 0 radical (unpaired) electrons. The van der Waals surface area contributed by atoms with Crippen LogP contribution in [0.5, 0.6) is 0 Å². The molecule has 0 atom stereocenters. The Balaban J connectivity index is 1.80. The van der Waals surface area contributed by atoms with Crippen LogP contribution in [0.3, 0.4) is 0 Å². The summed E-state index contributed by atoms with van der Waals surface area (Å²) in [6.07, 6.45) is 2.45. The lowest BCUT2D eigenvalue weighted by Crippen LogP contribution is -2.43. The minimum absolute atomic E-state index is 0.0163. The van der Waals surface area contributed by atoms with E-state index in [1.807, 2.05) is 0 Å². The van der Waals surface area contributed by atoms with Gasteiger partial charge in [0.2, 0.25) is 0 Å². The number of rotatable bonds is 3. The van der Waals surface area contributed by atoms with Gasteiger partial charge in [0.15, 0.2) is 0 Å². The van der Waals surface area contributed by atoms with Gasteiger partial charge < -0.3 is 16.0 Å². The summed E-state index contributed by atoms with van der Waals surface area (Å²) in [5.41, 5.74) is 6.42. The lowest BCUT2D eigenvalue weighted by Gasteiger charge is -2.28. The van der Waals surface area contributed by atoms with Crippen LogP contribution in [-0.4, -0.2) is 29.3 Å². The van der Waals surface area contributed by atoms with Crippen molar-refractivity contribution in [2.75, 3.05) is 11.9 Å². The molecule has 0 bridgehead atoms. The summed E-state index contributed by atoms with van der Waals surface area (Å²) < 4.78 is 13.1. The molecule has 1 fully saturated rings. The third-order valence-electron chi connectivity index (χ3n) is 3.72. The molecule has 1 aromatic carbocycles. The minimum Gasteiger partial charge on any atom is -0.401 e. The van der Waals surface area contributed by atoms with E-state index < -0.39 is 11.7 Å². The van der Waals surface area contributed by atoms with Crippen molar-refractivity contribution in [3.05, 3.63) is 41.4 Å². The molecule has 110 valence electrons. The predicted octanol–water partition coefficient (Wildman–Crippen LogP) is 1.37. The summed E-state index contributed by atoms with van der Waals surface area (Å²) in [6, 6.07) is 5.76. The zero-order valence-electron chi connectivity index (χ0n) is 11.4. The Morgan fingerprint density at radius 1 is 1.38 bits per heavy atom. The zero-order valence-corrected chi connectivity index (χ0v) is 11.4. The number of hydrogen-bond donors (Lipinski definition) is 2. The van der Waals surface area contributed by atoms with Crippen LogP contribution in [0.2, 0.25) is 0 Å².